The van der Waals surface area contributed by atoms with Crippen molar-refractivity contribution in [1.29, 1.82) is 0 Å². The Morgan fingerprint density at radius 1 is 0.565 bits per heavy atom. The van der Waals surface area contributed by atoms with E-state index in [4.69, 9.17) is 9.47 Å². The van der Waals surface area contributed by atoms with E-state index in [0.717, 1.165) is 38.5 Å². The van der Waals surface area contributed by atoms with Gasteiger partial charge in [-0.2, -0.15) is 0 Å². The number of ether oxygens (including phenoxy) is 2. The van der Waals surface area contributed by atoms with Crippen LogP contribution in [0.15, 0.2) is 42.5 Å². The summed E-state index contributed by atoms with van der Waals surface area (Å²) in [5.74, 6) is -1.22. The average Bonchev–Trinajstić information content (AvgIpc) is 3.02. The number of rotatable bonds is 25. The van der Waals surface area contributed by atoms with Crippen LogP contribution in [-0.4, -0.2) is 27.9 Å². The Labute approximate surface area is 276 Å². The molecule has 0 amide bonds. The predicted octanol–water partition coefficient (Wildman–Crippen LogP) is 10.6. The Hall–Kier alpha value is -3.61. The summed E-state index contributed by atoms with van der Waals surface area (Å²) in [5, 5.41) is 20.8. The molecule has 2 rings (SSSR count). The molecule has 0 fully saturated rings. The minimum Gasteiger partial charge on any atom is -0.507 e. The molecule has 2 N–H and O–H groups in total. The number of aromatic hydroxyl groups is 2. The molecule has 0 aliphatic heterocycles. The van der Waals surface area contributed by atoms with Gasteiger partial charge < -0.3 is 19.7 Å². The van der Waals surface area contributed by atoms with E-state index in [0.29, 0.717) is 18.4 Å². The van der Waals surface area contributed by atoms with Crippen molar-refractivity contribution >= 4 is 23.8 Å². The Morgan fingerprint density at radius 3 is 1.41 bits per heavy atom. The van der Waals surface area contributed by atoms with Gasteiger partial charge in [0.1, 0.15) is 23.0 Å². The van der Waals surface area contributed by atoms with Crippen molar-refractivity contribution in [2.24, 2.45) is 0 Å². The highest BCUT2D eigenvalue weighted by Crippen LogP contribution is 2.28. The first-order chi connectivity index (χ1) is 22.3. The van der Waals surface area contributed by atoms with Crippen LogP contribution in [0.4, 0.5) is 0 Å². The van der Waals surface area contributed by atoms with Gasteiger partial charge in [-0.05, 0) is 49.3 Å². The van der Waals surface area contributed by atoms with Gasteiger partial charge in [-0.15, -0.1) is 0 Å². The normalized spacial score (nSPS) is 11.2. The molecule has 7 nitrogen and oxygen atoms in total. The molecule has 0 radical (unpaired) electrons. The SMILES string of the molecule is CCCCCCCCCCCC(=O)Oc1ccc(C=CC(=O)c2ccc(OC(=O)CCCCCCCCCCC)cc2O)c(O)c1. The van der Waals surface area contributed by atoms with E-state index in [2.05, 4.69) is 13.8 Å². The molecule has 0 saturated carbocycles. The Kier molecular flexibility index (Phi) is 19.9. The predicted molar refractivity (Wildman–Crippen MR) is 185 cm³/mol. The Balaban J connectivity index is 1.73. The second kappa shape index (κ2) is 23.7. The maximum atomic E-state index is 12.7. The molecule has 2 aromatic rings. The van der Waals surface area contributed by atoms with E-state index < -0.39 is 5.78 Å². The monoisotopic (exact) mass is 636 g/mol. The van der Waals surface area contributed by atoms with Gasteiger partial charge in [0, 0.05) is 30.5 Å². The minimum atomic E-state index is -0.485. The molecule has 0 unspecified atom stereocenters. The molecule has 254 valence electrons. The van der Waals surface area contributed by atoms with Crippen LogP contribution < -0.4 is 9.47 Å². The number of esters is 2. The molecule has 0 saturated heterocycles. The lowest BCUT2D eigenvalue weighted by Gasteiger charge is -2.07. The summed E-state index contributed by atoms with van der Waals surface area (Å²) < 4.78 is 10.7. The van der Waals surface area contributed by atoms with E-state index >= 15 is 0 Å². The van der Waals surface area contributed by atoms with Crippen molar-refractivity contribution in [1.82, 2.24) is 0 Å². The lowest BCUT2D eigenvalue weighted by molar-refractivity contribution is -0.135. The third kappa shape index (κ3) is 16.6. The fourth-order valence-electron chi connectivity index (χ4n) is 5.29. The van der Waals surface area contributed by atoms with Crippen LogP contribution in [0.5, 0.6) is 23.0 Å². The summed E-state index contributed by atoms with van der Waals surface area (Å²) in [6.45, 7) is 4.42. The highest BCUT2D eigenvalue weighted by Gasteiger charge is 2.13. The number of hydrogen-bond donors (Lipinski definition) is 2. The van der Waals surface area contributed by atoms with Gasteiger partial charge in [0.05, 0.1) is 5.56 Å². The average molecular weight is 637 g/mol. The number of carbonyl (C=O) groups is 3. The standard InChI is InChI=1S/C39H56O7/c1-3-5-7-9-11-13-15-17-19-21-38(43)45-32-25-23-31(36(41)29-32)24-28-35(40)34-27-26-33(30-37(34)42)46-39(44)22-20-18-16-14-12-10-8-6-4-2/h23-30,41-42H,3-22H2,1-2H3. The molecule has 7 heteroatoms. The lowest BCUT2D eigenvalue weighted by Crippen LogP contribution is -2.08. The largest absolute Gasteiger partial charge is 0.507 e. The molecule has 2 aromatic carbocycles. The van der Waals surface area contributed by atoms with E-state index in [1.807, 2.05) is 0 Å². The highest BCUT2D eigenvalue weighted by atomic mass is 16.5. The van der Waals surface area contributed by atoms with Crippen molar-refractivity contribution in [3.05, 3.63) is 53.6 Å². The number of phenols is 2. The van der Waals surface area contributed by atoms with Crippen LogP contribution in [0.1, 0.15) is 158 Å². The number of hydrogen-bond acceptors (Lipinski definition) is 7. The van der Waals surface area contributed by atoms with Crippen LogP contribution in [-0.2, 0) is 9.59 Å². The molecule has 0 spiro atoms. The molecule has 0 aliphatic rings. The fraction of sp³-hybridized carbons (Fsp3) is 0.564. The second-order valence-electron chi connectivity index (χ2n) is 12.2. The van der Waals surface area contributed by atoms with Crippen LogP contribution in [0.2, 0.25) is 0 Å². The topological polar surface area (TPSA) is 110 Å². The van der Waals surface area contributed by atoms with Crippen LogP contribution >= 0.6 is 0 Å². The Morgan fingerprint density at radius 2 is 0.978 bits per heavy atom. The smallest absolute Gasteiger partial charge is 0.311 e. The first kappa shape index (κ1) is 38.6. The van der Waals surface area contributed by atoms with Gasteiger partial charge in [0.25, 0.3) is 0 Å². The van der Waals surface area contributed by atoms with Crippen LogP contribution in [0.3, 0.4) is 0 Å². The summed E-state index contributed by atoms with van der Waals surface area (Å²) in [4.78, 5) is 37.1. The van der Waals surface area contributed by atoms with Crippen LogP contribution in [0, 0.1) is 0 Å². The summed E-state index contributed by atoms with van der Waals surface area (Å²) in [6, 6.07) is 8.59. The van der Waals surface area contributed by atoms with Gasteiger partial charge in [-0.25, -0.2) is 0 Å². The molecule has 0 aliphatic carbocycles. The van der Waals surface area contributed by atoms with Gasteiger partial charge >= 0.3 is 11.9 Å². The van der Waals surface area contributed by atoms with Crippen molar-refractivity contribution < 1.29 is 34.1 Å². The first-order valence-corrected chi connectivity index (χ1v) is 17.6. The molecule has 0 bridgehead atoms. The van der Waals surface area contributed by atoms with Crippen LogP contribution in [0.25, 0.3) is 6.08 Å². The fourth-order valence-corrected chi connectivity index (χ4v) is 5.29. The zero-order valence-electron chi connectivity index (χ0n) is 28.2. The molecule has 0 heterocycles. The van der Waals surface area contributed by atoms with E-state index in [9.17, 15) is 24.6 Å². The summed E-state index contributed by atoms with van der Waals surface area (Å²) in [7, 11) is 0. The van der Waals surface area contributed by atoms with E-state index in [1.165, 1.54) is 113 Å². The number of unbranched alkanes of at least 4 members (excludes halogenated alkanes) is 16. The number of allylic oxidation sites excluding steroid dienone is 1. The molecular formula is C39H56O7. The lowest BCUT2D eigenvalue weighted by atomic mass is 10.1. The zero-order valence-corrected chi connectivity index (χ0v) is 28.2. The summed E-state index contributed by atoms with van der Waals surface area (Å²) in [6.07, 6.45) is 24.2. The van der Waals surface area contributed by atoms with Crippen molar-refractivity contribution in [2.45, 2.75) is 142 Å². The van der Waals surface area contributed by atoms with Crippen molar-refractivity contribution in [2.75, 3.05) is 0 Å². The number of benzene rings is 2. The quantitative estimate of drug-likeness (QED) is 0.0367. The second-order valence-corrected chi connectivity index (χ2v) is 12.2. The molecule has 0 atom stereocenters. The van der Waals surface area contributed by atoms with Crippen molar-refractivity contribution in [3.63, 3.8) is 0 Å². The maximum Gasteiger partial charge on any atom is 0.311 e. The number of phenolic OH excluding ortho intramolecular Hbond substituents is 2. The van der Waals surface area contributed by atoms with E-state index in [1.54, 1.807) is 12.1 Å². The van der Waals surface area contributed by atoms with E-state index in [-0.39, 0.29) is 40.5 Å². The van der Waals surface area contributed by atoms with Gasteiger partial charge in [0.15, 0.2) is 5.78 Å². The molecule has 46 heavy (non-hydrogen) atoms. The van der Waals surface area contributed by atoms with Gasteiger partial charge in [-0.1, -0.05) is 117 Å². The molecular weight excluding hydrogens is 580 g/mol. The molecule has 0 aromatic heterocycles. The van der Waals surface area contributed by atoms with Crippen molar-refractivity contribution in [3.8, 4) is 23.0 Å². The Bertz CT molecular complexity index is 1220. The zero-order chi connectivity index (χ0) is 33.4. The first-order valence-electron chi connectivity index (χ1n) is 17.6. The number of carbonyl (C=O) groups excluding carboxylic acids is 3. The summed E-state index contributed by atoms with van der Waals surface area (Å²) in [5.41, 5.74) is 0.394. The third-order valence-electron chi connectivity index (χ3n) is 8.08. The maximum absolute atomic E-state index is 12.7. The number of ketones is 1. The summed E-state index contributed by atoms with van der Waals surface area (Å²) >= 11 is 0. The highest BCUT2D eigenvalue weighted by molar-refractivity contribution is 6.08. The third-order valence-corrected chi connectivity index (χ3v) is 8.08. The van der Waals surface area contributed by atoms with Gasteiger partial charge in [0.2, 0.25) is 0 Å². The van der Waals surface area contributed by atoms with Gasteiger partial charge in [-0.3, -0.25) is 14.4 Å². The minimum absolute atomic E-state index is 0.0384.